The topological polar surface area (TPSA) is 56.8 Å². The lowest BCUT2D eigenvalue weighted by Gasteiger charge is -2.11. The van der Waals surface area contributed by atoms with Gasteiger partial charge in [0.1, 0.15) is 5.75 Å². The molecule has 5 heteroatoms. The fourth-order valence-electron chi connectivity index (χ4n) is 2.15. The predicted molar refractivity (Wildman–Crippen MR) is 94.3 cm³/mol. The fourth-order valence-corrected chi connectivity index (χ4v) is 2.15. The van der Waals surface area contributed by atoms with Crippen LogP contribution in [0.5, 0.6) is 17.2 Å². The van der Waals surface area contributed by atoms with Crippen molar-refractivity contribution in [3.05, 3.63) is 48.0 Å². The van der Waals surface area contributed by atoms with Crippen LogP contribution < -0.4 is 19.5 Å². The molecule has 0 spiro atoms. The Hall–Kier alpha value is -2.69. The van der Waals surface area contributed by atoms with Crippen molar-refractivity contribution in [3.8, 4) is 17.2 Å². The van der Waals surface area contributed by atoms with Gasteiger partial charge in [-0.25, -0.2) is 0 Å². The number of ether oxygens (including phenoxy) is 3. The van der Waals surface area contributed by atoms with Crippen LogP contribution in [0.15, 0.2) is 42.5 Å². The third-order valence-electron chi connectivity index (χ3n) is 3.52. The zero-order valence-electron chi connectivity index (χ0n) is 14.3. The van der Waals surface area contributed by atoms with Gasteiger partial charge < -0.3 is 19.5 Å². The summed E-state index contributed by atoms with van der Waals surface area (Å²) >= 11 is 0. The maximum absolute atomic E-state index is 12.3. The van der Waals surface area contributed by atoms with Gasteiger partial charge in [0.2, 0.25) is 0 Å². The summed E-state index contributed by atoms with van der Waals surface area (Å²) in [5.41, 5.74) is 1.20. The Kier molecular flexibility index (Phi) is 6.49. The lowest BCUT2D eigenvalue weighted by molar-refractivity contribution is 0.102. The Morgan fingerprint density at radius 1 is 1.00 bits per heavy atom. The highest BCUT2D eigenvalue weighted by atomic mass is 16.5. The van der Waals surface area contributed by atoms with Crippen LogP contribution in [0.4, 0.5) is 5.69 Å². The second-order valence-electron chi connectivity index (χ2n) is 5.25. The smallest absolute Gasteiger partial charge is 0.255 e. The molecule has 2 aromatic carbocycles. The number of unbranched alkanes of at least 4 members (excludes halogenated alkanes) is 1. The van der Waals surface area contributed by atoms with Gasteiger partial charge in [-0.1, -0.05) is 13.3 Å². The zero-order valence-corrected chi connectivity index (χ0v) is 14.3. The summed E-state index contributed by atoms with van der Waals surface area (Å²) in [4.78, 5) is 12.3. The Morgan fingerprint density at radius 3 is 2.33 bits per heavy atom. The van der Waals surface area contributed by atoms with Crippen molar-refractivity contribution in [1.82, 2.24) is 0 Å². The Morgan fingerprint density at radius 2 is 1.71 bits per heavy atom. The fraction of sp³-hybridized carbons (Fsp3) is 0.316. The number of nitrogens with one attached hydrogen (secondary N) is 1. The molecule has 0 unspecified atom stereocenters. The van der Waals surface area contributed by atoms with Crippen molar-refractivity contribution in [3.63, 3.8) is 0 Å². The average Bonchev–Trinajstić information content (AvgIpc) is 2.62. The minimum atomic E-state index is -0.192. The highest BCUT2D eigenvalue weighted by molar-refractivity contribution is 6.04. The van der Waals surface area contributed by atoms with Crippen LogP contribution in [0, 0.1) is 0 Å². The van der Waals surface area contributed by atoms with Crippen LogP contribution in [0.1, 0.15) is 30.1 Å². The molecule has 2 rings (SSSR count). The third-order valence-corrected chi connectivity index (χ3v) is 3.52. The molecular formula is C19H23NO4. The van der Waals surface area contributed by atoms with Crippen molar-refractivity contribution in [2.75, 3.05) is 26.1 Å². The molecule has 0 aliphatic rings. The van der Waals surface area contributed by atoms with Crippen LogP contribution in [0.3, 0.4) is 0 Å². The van der Waals surface area contributed by atoms with Crippen molar-refractivity contribution in [1.29, 1.82) is 0 Å². The highest BCUT2D eigenvalue weighted by Crippen LogP contribution is 2.30. The van der Waals surface area contributed by atoms with Crippen molar-refractivity contribution in [2.24, 2.45) is 0 Å². The standard InChI is InChI=1S/C19H23NO4/c1-4-5-12-24-16-9-6-14(7-10-16)19(21)20-15-8-11-17(22-2)18(13-15)23-3/h6-11,13H,4-5,12H2,1-3H3,(H,20,21). The molecule has 0 saturated heterocycles. The monoisotopic (exact) mass is 329 g/mol. The normalized spacial score (nSPS) is 10.1. The van der Waals surface area contributed by atoms with Gasteiger partial charge in [0.25, 0.3) is 5.91 Å². The van der Waals surface area contributed by atoms with Gasteiger partial charge >= 0.3 is 0 Å². The van der Waals surface area contributed by atoms with Gasteiger partial charge in [-0.15, -0.1) is 0 Å². The van der Waals surface area contributed by atoms with Crippen molar-refractivity contribution < 1.29 is 19.0 Å². The molecule has 1 amide bonds. The van der Waals surface area contributed by atoms with Crippen LogP contribution in [0.2, 0.25) is 0 Å². The quantitative estimate of drug-likeness (QED) is 0.740. The SMILES string of the molecule is CCCCOc1ccc(C(=O)Nc2ccc(OC)c(OC)c2)cc1. The summed E-state index contributed by atoms with van der Waals surface area (Å²) in [7, 11) is 3.13. The number of hydrogen-bond donors (Lipinski definition) is 1. The van der Waals surface area contributed by atoms with E-state index in [0.717, 1.165) is 18.6 Å². The minimum absolute atomic E-state index is 0.192. The number of hydrogen-bond acceptors (Lipinski definition) is 4. The molecule has 0 saturated carbocycles. The van der Waals surface area contributed by atoms with Crippen LogP contribution in [-0.4, -0.2) is 26.7 Å². The number of rotatable bonds is 8. The lowest BCUT2D eigenvalue weighted by Crippen LogP contribution is -2.12. The van der Waals surface area contributed by atoms with Crippen LogP contribution in [-0.2, 0) is 0 Å². The van der Waals surface area contributed by atoms with Crippen molar-refractivity contribution >= 4 is 11.6 Å². The van der Waals surface area contributed by atoms with E-state index < -0.39 is 0 Å². The molecule has 0 atom stereocenters. The van der Waals surface area contributed by atoms with Gasteiger partial charge in [-0.3, -0.25) is 4.79 Å². The molecule has 0 aliphatic heterocycles. The van der Waals surface area contributed by atoms with Gasteiger partial charge in [-0.2, -0.15) is 0 Å². The second kappa shape index (κ2) is 8.82. The van der Waals surface area contributed by atoms with Crippen molar-refractivity contribution in [2.45, 2.75) is 19.8 Å². The molecular weight excluding hydrogens is 306 g/mol. The maximum atomic E-state index is 12.3. The van der Waals surface area contributed by atoms with Gasteiger partial charge in [0, 0.05) is 17.3 Å². The number of carbonyl (C=O) groups is 1. The second-order valence-corrected chi connectivity index (χ2v) is 5.25. The predicted octanol–water partition coefficient (Wildman–Crippen LogP) is 4.14. The summed E-state index contributed by atoms with van der Waals surface area (Å²) in [6.07, 6.45) is 2.10. The molecule has 128 valence electrons. The molecule has 5 nitrogen and oxygen atoms in total. The van der Waals surface area contributed by atoms with E-state index in [1.807, 2.05) is 0 Å². The van der Waals surface area contributed by atoms with E-state index in [1.165, 1.54) is 0 Å². The highest BCUT2D eigenvalue weighted by Gasteiger charge is 2.09. The molecule has 24 heavy (non-hydrogen) atoms. The van der Waals surface area contributed by atoms with E-state index in [4.69, 9.17) is 14.2 Å². The van der Waals surface area contributed by atoms with Gasteiger partial charge in [0.05, 0.1) is 20.8 Å². The summed E-state index contributed by atoms with van der Waals surface area (Å²) in [6.45, 7) is 2.80. The Bertz CT molecular complexity index is 668. The lowest BCUT2D eigenvalue weighted by atomic mass is 10.2. The number of carbonyl (C=O) groups excluding carboxylic acids is 1. The minimum Gasteiger partial charge on any atom is -0.494 e. The van der Waals surface area contributed by atoms with E-state index in [-0.39, 0.29) is 5.91 Å². The molecule has 0 aromatic heterocycles. The Labute approximate surface area is 142 Å². The number of benzene rings is 2. The third kappa shape index (κ3) is 4.65. The first-order valence-electron chi connectivity index (χ1n) is 7.94. The molecule has 0 heterocycles. The van der Waals surface area contributed by atoms with Crippen LogP contribution in [0.25, 0.3) is 0 Å². The largest absolute Gasteiger partial charge is 0.494 e. The molecule has 0 bridgehead atoms. The van der Waals surface area contributed by atoms with E-state index in [0.29, 0.717) is 29.4 Å². The van der Waals surface area contributed by atoms with E-state index in [9.17, 15) is 4.79 Å². The van der Waals surface area contributed by atoms with Gasteiger partial charge in [-0.05, 0) is 42.8 Å². The summed E-state index contributed by atoms with van der Waals surface area (Å²) in [6, 6.07) is 12.3. The van der Waals surface area contributed by atoms with E-state index in [1.54, 1.807) is 56.7 Å². The first kappa shape index (κ1) is 17.7. The molecule has 0 fully saturated rings. The first-order valence-corrected chi connectivity index (χ1v) is 7.94. The number of anilines is 1. The summed E-state index contributed by atoms with van der Waals surface area (Å²) < 4.78 is 16.0. The molecule has 0 radical (unpaired) electrons. The summed E-state index contributed by atoms with van der Waals surface area (Å²) in [5, 5.41) is 2.84. The number of methoxy groups -OCH3 is 2. The number of amides is 1. The zero-order chi connectivity index (χ0) is 17.4. The summed E-state index contributed by atoms with van der Waals surface area (Å²) in [5.74, 6) is 1.76. The average molecular weight is 329 g/mol. The molecule has 2 aromatic rings. The van der Waals surface area contributed by atoms with E-state index in [2.05, 4.69) is 12.2 Å². The van der Waals surface area contributed by atoms with Crippen LogP contribution >= 0.6 is 0 Å². The Balaban J connectivity index is 2.01. The van der Waals surface area contributed by atoms with Gasteiger partial charge in [0.15, 0.2) is 11.5 Å². The maximum Gasteiger partial charge on any atom is 0.255 e. The molecule has 0 aliphatic carbocycles. The molecule has 1 N–H and O–H groups in total. The first-order chi connectivity index (χ1) is 11.7. The van der Waals surface area contributed by atoms with E-state index >= 15 is 0 Å².